The third-order valence-electron chi connectivity index (χ3n) is 3.30. The number of unbranched alkanes of at least 4 members (excludes halogenated alkanes) is 1. The molecule has 0 unspecified atom stereocenters. The molecule has 1 rings (SSSR count). The Hall–Kier alpha value is -1.52. The zero-order valence-corrected chi connectivity index (χ0v) is 14.8. The molecule has 5 nitrogen and oxygen atoms in total. The molecule has 0 aliphatic heterocycles. The van der Waals surface area contributed by atoms with Crippen LogP contribution in [0.25, 0.3) is 0 Å². The van der Waals surface area contributed by atoms with Crippen molar-refractivity contribution < 1.29 is 4.74 Å². The first kappa shape index (κ1) is 18.5. The molecular weight excluding hydrogens is 276 g/mol. The molecule has 1 heterocycles. The third-order valence-corrected chi connectivity index (χ3v) is 3.30. The van der Waals surface area contributed by atoms with Crippen LogP contribution in [0, 0.1) is 11.8 Å². The second kappa shape index (κ2) is 9.49. The topological polar surface area (TPSA) is 73.1 Å². The van der Waals surface area contributed by atoms with E-state index in [-0.39, 0.29) is 0 Å². The number of nitrogens with one attached hydrogen (secondary N) is 1. The van der Waals surface area contributed by atoms with Crippen LogP contribution in [-0.4, -0.2) is 23.1 Å². The summed E-state index contributed by atoms with van der Waals surface area (Å²) < 4.78 is 5.75. The van der Waals surface area contributed by atoms with Gasteiger partial charge >= 0.3 is 0 Å². The number of hydrogen-bond donors (Lipinski definition) is 2. The van der Waals surface area contributed by atoms with E-state index in [9.17, 15) is 0 Å². The first-order chi connectivity index (χ1) is 10.4. The highest BCUT2D eigenvalue weighted by Crippen LogP contribution is 2.27. The Bertz CT molecular complexity index is 447. The molecule has 0 saturated carbocycles. The van der Waals surface area contributed by atoms with Gasteiger partial charge in [-0.1, -0.05) is 41.0 Å². The highest BCUT2D eigenvalue weighted by molar-refractivity contribution is 5.66. The fraction of sp³-hybridized carbons (Fsp3) is 0.765. The molecule has 22 heavy (non-hydrogen) atoms. The first-order valence-electron chi connectivity index (χ1n) is 8.47. The lowest BCUT2D eigenvalue weighted by Gasteiger charge is -2.15. The van der Waals surface area contributed by atoms with Crippen LogP contribution in [0.2, 0.25) is 0 Å². The Kier molecular flexibility index (Phi) is 7.99. The van der Waals surface area contributed by atoms with Crippen LogP contribution >= 0.6 is 0 Å². The fourth-order valence-corrected chi connectivity index (χ4v) is 1.99. The van der Waals surface area contributed by atoms with Crippen molar-refractivity contribution >= 4 is 11.5 Å². The van der Waals surface area contributed by atoms with Crippen molar-refractivity contribution in [3.63, 3.8) is 0 Å². The molecule has 0 radical (unpaired) electrons. The summed E-state index contributed by atoms with van der Waals surface area (Å²) in [7, 11) is 0. The van der Waals surface area contributed by atoms with Crippen molar-refractivity contribution in [3.05, 3.63) is 5.82 Å². The molecule has 1 aromatic rings. The Morgan fingerprint density at radius 1 is 1.14 bits per heavy atom. The standard InChI is InChI=1S/C17H32N4O/c1-6-7-10-22-17-15(18)16(19-9-8-12(2)3)20-14(21-17)11-13(4)5/h12-13H,6-11,18H2,1-5H3,(H,19,20,21). The second-order valence-electron chi connectivity index (χ2n) is 6.62. The van der Waals surface area contributed by atoms with Crippen molar-refractivity contribution in [2.75, 3.05) is 24.2 Å². The number of anilines is 2. The zero-order chi connectivity index (χ0) is 16.5. The van der Waals surface area contributed by atoms with Crippen LogP contribution in [-0.2, 0) is 6.42 Å². The smallest absolute Gasteiger partial charge is 0.242 e. The number of nitrogen functional groups attached to an aromatic ring is 1. The predicted molar refractivity (Wildman–Crippen MR) is 93.3 cm³/mol. The highest BCUT2D eigenvalue weighted by atomic mass is 16.5. The molecule has 0 saturated heterocycles. The molecule has 126 valence electrons. The van der Waals surface area contributed by atoms with E-state index in [4.69, 9.17) is 10.5 Å². The van der Waals surface area contributed by atoms with Gasteiger partial charge in [-0.25, -0.2) is 4.98 Å². The van der Waals surface area contributed by atoms with Crippen molar-refractivity contribution in [1.82, 2.24) is 9.97 Å². The maximum Gasteiger partial charge on any atom is 0.242 e. The van der Waals surface area contributed by atoms with Gasteiger partial charge in [0.05, 0.1) is 6.61 Å². The molecule has 0 fully saturated rings. The van der Waals surface area contributed by atoms with Crippen LogP contribution in [0.1, 0.15) is 59.7 Å². The fourth-order valence-electron chi connectivity index (χ4n) is 1.99. The van der Waals surface area contributed by atoms with Gasteiger partial charge in [-0.3, -0.25) is 0 Å². The largest absolute Gasteiger partial charge is 0.476 e. The molecule has 3 N–H and O–H groups in total. The number of aromatic nitrogens is 2. The van der Waals surface area contributed by atoms with Crippen molar-refractivity contribution in [2.24, 2.45) is 11.8 Å². The molecule has 0 amide bonds. The summed E-state index contributed by atoms with van der Waals surface area (Å²) in [6.07, 6.45) is 3.99. The van der Waals surface area contributed by atoms with E-state index >= 15 is 0 Å². The summed E-state index contributed by atoms with van der Waals surface area (Å²) in [6, 6.07) is 0. The average molecular weight is 308 g/mol. The van der Waals surface area contributed by atoms with E-state index in [0.717, 1.165) is 38.1 Å². The highest BCUT2D eigenvalue weighted by Gasteiger charge is 2.14. The molecule has 1 aromatic heterocycles. The molecule has 0 spiro atoms. The van der Waals surface area contributed by atoms with Crippen LogP contribution in [0.15, 0.2) is 0 Å². The molecule has 0 aliphatic carbocycles. The van der Waals surface area contributed by atoms with Crippen LogP contribution < -0.4 is 15.8 Å². The minimum atomic E-state index is 0.496. The molecule has 0 atom stereocenters. The van der Waals surface area contributed by atoms with Gasteiger partial charge in [-0.15, -0.1) is 0 Å². The van der Waals surface area contributed by atoms with Gasteiger partial charge in [-0.05, 0) is 24.7 Å². The monoisotopic (exact) mass is 308 g/mol. The summed E-state index contributed by atoms with van der Waals surface area (Å²) in [4.78, 5) is 9.06. The lowest BCUT2D eigenvalue weighted by atomic mass is 10.1. The first-order valence-corrected chi connectivity index (χ1v) is 8.47. The van der Waals surface area contributed by atoms with Crippen LogP contribution in [0.4, 0.5) is 11.5 Å². The van der Waals surface area contributed by atoms with E-state index < -0.39 is 0 Å². The minimum absolute atomic E-state index is 0.496. The summed E-state index contributed by atoms with van der Waals surface area (Å²) in [5, 5.41) is 3.33. The number of hydrogen-bond acceptors (Lipinski definition) is 5. The van der Waals surface area contributed by atoms with Crippen molar-refractivity contribution in [3.8, 4) is 5.88 Å². The quantitative estimate of drug-likeness (QED) is 0.641. The SMILES string of the molecule is CCCCOc1nc(CC(C)C)nc(NCCC(C)C)c1N. The van der Waals surface area contributed by atoms with Gasteiger partial charge in [-0.2, -0.15) is 4.98 Å². The van der Waals surface area contributed by atoms with E-state index in [1.165, 1.54) is 0 Å². The Balaban J connectivity index is 2.88. The Morgan fingerprint density at radius 2 is 1.86 bits per heavy atom. The zero-order valence-electron chi connectivity index (χ0n) is 14.8. The maximum atomic E-state index is 6.17. The second-order valence-corrected chi connectivity index (χ2v) is 6.62. The van der Waals surface area contributed by atoms with Crippen molar-refractivity contribution in [2.45, 2.75) is 60.3 Å². The van der Waals surface area contributed by atoms with Gasteiger partial charge < -0.3 is 15.8 Å². The lowest BCUT2D eigenvalue weighted by Crippen LogP contribution is -2.14. The minimum Gasteiger partial charge on any atom is -0.476 e. The summed E-state index contributed by atoms with van der Waals surface area (Å²) >= 11 is 0. The number of nitrogens with zero attached hydrogens (tertiary/aromatic N) is 2. The molecule has 0 aromatic carbocycles. The van der Waals surface area contributed by atoms with Gasteiger partial charge in [0.1, 0.15) is 11.5 Å². The third kappa shape index (κ3) is 6.50. The molecule has 0 bridgehead atoms. The predicted octanol–water partition coefficient (Wildman–Crippen LogP) is 3.89. The van der Waals surface area contributed by atoms with E-state index in [0.29, 0.717) is 35.8 Å². The van der Waals surface area contributed by atoms with Crippen molar-refractivity contribution in [1.29, 1.82) is 0 Å². The molecular formula is C17H32N4O. The van der Waals surface area contributed by atoms with Gasteiger partial charge in [0.15, 0.2) is 5.82 Å². The van der Waals surface area contributed by atoms with E-state index in [1.807, 2.05) is 0 Å². The number of nitrogens with two attached hydrogens (primary N) is 1. The number of ether oxygens (including phenoxy) is 1. The maximum absolute atomic E-state index is 6.17. The van der Waals surface area contributed by atoms with Gasteiger partial charge in [0.25, 0.3) is 0 Å². The van der Waals surface area contributed by atoms with Gasteiger partial charge in [0, 0.05) is 13.0 Å². The summed E-state index contributed by atoms with van der Waals surface area (Å²) in [6.45, 7) is 12.4. The van der Waals surface area contributed by atoms with E-state index in [1.54, 1.807) is 0 Å². The normalized spacial score (nSPS) is 11.2. The van der Waals surface area contributed by atoms with Gasteiger partial charge in [0.2, 0.25) is 5.88 Å². The average Bonchev–Trinajstić information content (AvgIpc) is 2.42. The number of rotatable bonds is 10. The van der Waals surface area contributed by atoms with Crippen LogP contribution in [0.5, 0.6) is 5.88 Å². The Morgan fingerprint density at radius 3 is 2.45 bits per heavy atom. The van der Waals surface area contributed by atoms with E-state index in [2.05, 4.69) is 49.9 Å². The van der Waals surface area contributed by atoms with Crippen LogP contribution in [0.3, 0.4) is 0 Å². The lowest BCUT2D eigenvalue weighted by molar-refractivity contribution is 0.298. The summed E-state index contributed by atoms with van der Waals surface area (Å²) in [5.41, 5.74) is 6.69. The Labute approximate surface area is 135 Å². The molecule has 5 heteroatoms. The summed E-state index contributed by atoms with van der Waals surface area (Å²) in [5.74, 6) is 3.16. The molecule has 0 aliphatic rings.